The molecule has 5 N–H and O–H groups in total. The molecular formula is C40H32O10. The molecule has 1 aliphatic rings. The van der Waals surface area contributed by atoms with E-state index in [4.69, 9.17) is 13.6 Å². The summed E-state index contributed by atoms with van der Waals surface area (Å²) in [6.45, 7) is 5.64. The summed E-state index contributed by atoms with van der Waals surface area (Å²) in [4.78, 5) is 27.2. The SMILES string of the molecule is CC(C)=C[C@H]1C[C@](C)(/C=C/c2c(O)cc3occ(-c4ccc(O)cc4)c(=O)c3c2O)Oc2cc3occ(-c4ccc(O)cc4)c(=O)c3c(O)c21. The normalized spacial score (nSPS) is 17.1. The van der Waals surface area contributed by atoms with Crippen molar-refractivity contribution in [1.82, 2.24) is 0 Å². The van der Waals surface area contributed by atoms with Crippen LogP contribution in [0.3, 0.4) is 0 Å². The van der Waals surface area contributed by atoms with Crippen molar-refractivity contribution in [3.8, 4) is 56.8 Å². The zero-order chi connectivity index (χ0) is 35.5. The number of allylic oxidation sites excluding steroid dienone is 2. The molecule has 0 bridgehead atoms. The van der Waals surface area contributed by atoms with E-state index in [1.54, 1.807) is 43.3 Å². The number of phenols is 5. The highest BCUT2D eigenvalue weighted by molar-refractivity contribution is 5.93. The minimum absolute atomic E-state index is 0.000684. The quantitative estimate of drug-likeness (QED) is 0.113. The zero-order valence-electron chi connectivity index (χ0n) is 27.2. The van der Waals surface area contributed by atoms with Gasteiger partial charge in [-0.1, -0.05) is 35.9 Å². The Bertz CT molecular complexity index is 2500. The maximum Gasteiger partial charge on any atom is 0.204 e. The Hall–Kier alpha value is -6.42. The lowest BCUT2D eigenvalue weighted by Gasteiger charge is -2.38. The molecule has 0 aliphatic carbocycles. The summed E-state index contributed by atoms with van der Waals surface area (Å²) >= 11 is 0. The van der Waals surface area contributed by atoms with Crippen LogP contribution in [-0.4, -0.2) is 31.1 Å². The van der Waals surface area contributed by atoms with Gasteiger partial charge < -0.3 is 39.1 Å². The molecule has 0 fully saturated rings. The van der Waals surface area contributed by atoms with E-state index in [-0.39, 0.29) is 67.4 Å². The van der Waals surface area contributed by atoms with Crippen LogP contribution in [-0.2, 0) is 0 Å². The topological polar surface area (TPSA) is 171 Å². The van der Waals surface area contributed by atoms with Gasteiger partial charge in [0.1, 0.15) is 74.6 Å². The van der Waals surface area contributed by atoms with Crippen LogP contribution in [0.25, 0.3) is 50.3 Å². The number of hydrogen-bond acceptors (Lipinski definition) is 10. The van der Waals surface area contributed by atoms with Gasteiger partial charge in [-0.25, -0.2) is 0 Å². The fraction of sp³-hybridized carbons (Fsp3) is 0.150. The Kier molecular flexibility index (Phi) is 7.66. The van der Waals surface area contributed by atoms with Crippen molar-refractivity contribution in [2.24, 2.45) is 0 Å². The van der Waals surface area contributed by atoms with Crippen molar-refractivity contribution in [3.63, 3.8) is 0 Å². The fourth-order valence-corrected chi connectivity index (χ4v) is 6.55. The lowest BCUT2D eigenvalue weighted by atomic mass is 9.81. The molecule has 10 nitrogen and oxygen atoms in total. The summed E-state index contributed by atoms with van der Waals surface area (Å²) in [5.41, 5.74) is 0.757. The van der Waals surface area contributed by atoms with E-state index in [0.717, 1.165) is 5.57 Å². The monoisotopic (exact) mass is 672 g/mol. The molecule has 2 aromatic heterocycles. The summed E-state index contributed by atoms with van der Waals surface area (Å²) in [6.07, 6.45) is 7.91. The standard InChI is InChI=1S/C40H32O10/c1-20(2)14-23-17-40(3,50-32-16-31-35(39(47)33(23)32)38(46)28(19-49-31)22-6-10-25(42)11-7-22)13-12-26-29(43)15-30-34(36(26)44)37(45)27(18-48-30)21-4-8-24(41)9-5-21/h4-16,18-19,23,41-44,47H,17H2,1-3H3/b13-12+/t23-,40-/m0/s1. The molecule has 0 saturated heterocycles. The van der Waals surface area contributed by atoms with Crippen molar-refractivity contribution < 1.29 is 39.1 Å². The molecule has 10 heteroatoms. The van der Waals surface area contributed by atoms with Gasteiger partial charge in [-0.15, -0.1) is 0 Å². The number of benzene rings is 4. The maximum absolute atomic E-state index is 13.7. The Morgan fingerprint density at radius 2 is 1.28 bits per heavy atom. The van der Waals surface area contributed by atoms with Gasteiger partial charge in [-0.2, -0.15) is 0 Å². The van der Waals surface area contributed by atoms with Gasteiger partial charge in [0.25, 0.3) is 0 Å². The first-order valence-corrected chi connectivity index (χ1v) is 15.8. The Morgan fingerprint density at radius 3 is 1.82 bits per heavy atom. The molecular weight excluding hydrogens is 640 g/mol. The van der Waals surface area contributed by atoms with Gasteiger partial charge in [0.15, 0.2) is 0 Å². The van der Waals surface area contributed by atoms with Crippen LogP contribution >= 0.6 is 0 Å². The summed E-state index contributed by atoms with van der Waals surface area (Å²) < 4.78 is 17.9. The second kappa shape index (κ2) is 11.9. The van der Waals surface area contributed by atoms with Gasteiger partial charge in [-0.05, 0) is 68.3 Å². The lowest BCUT2D eigenvalue weighted by Crippen LogP contribution is -2.36. The number of hydrogen-bond donors (Lipinski definition) is 5. The van der Waals surface area contributed by atoms with Gasteiger partial charge in [0.2, 0.25) is 10.9 Å². The van der Waals surface area contributed by atoms with Crippen LogP contribution in [0.2, 0.25) is 0 Å². The molecule has 0 radical (unpaired) electrons. The number of phenolic OH excluding ortho intramolecular Hbond substituents is 5. The van der Waals surface area contributed by atoms with E-state index < -0.39 is 28.1 Å². The van der Waals surface area contributed by atoms with Crippen molar-refractivity contribution in [2.45, 2.75) is 38.7 Å². The third-order valence-corrected chi connectivity index (χ3v) is 8.93. The predicted molar refractivity (Wildman–Crippen MR) is 189 cm³/mol. The lowest BCUT2D eigenvalue weighted by molar-refractivity contribution is 0.107. The van der Waals surface area contributed by atoms with Crippen molar-refractivity contribution in [2.75, 3.05) is 0 Å². The molecule has 4 aromatic carbocycles. The highest BCUT2D eigenvalue weighted by Crippen LogP contribution is 2.50. The second-order valence-corrected chi connectivity index (χ2v) is 12.9. The van der Waals surface area contributed by atoms with Crippen LogP contribution in [0.5, 0.6) is 34.5 Å². The van der Waals surface area contributed by atoms with Crippen LogP contribution < -0.4 is 15.6 Å². The van der Waals surface area contributed by atoms with E-state index >= 15 is 0 Å². The third-order valence-electron chi connectivity index (χ3n) is 8.93. The van der Waals surface area contributed by atoms with Crippen LogP contribution in [0.15, 0.2) is 109 Å². The summed E-state index contributed by atoms with van der Waals surface area (Å²) in [5, 5.41) is 53.1. The first-order chi connectivity index (χ1) is 23.8. The van der Waals surface area contributed by atoms with Gasteiger partial charge in [0.05, 0.1) is 16.7 Å². The van der Waals surface area contributed by atoms with E-state index in [9.17, 15) is 35.1 Å². The molecule has 2 atom stereocenters. The maximum atomic E-state index is 13.7. The summed E-state index contributed by atoms with van der Waals surface area (Å²) in [6, 6.07) is 14.9. The van der Waals surface area contributed by atoms with Crippen LogP contribution in [0.1, 0.15) is 44.2 Å². The first kappa shape index (κ1) is 32.1. The highest BCUT2D eigenvalue weighted by atomic mass is 16.5. The largest absolute Gasteiger partial charge is 0.508 e. The molecule has 0 amide bonds. The van der Waals surface area contributed by atoms with Gasteiger partial charge in [0, 0.05) is 30.0 Å². The molecule has 0 unspecified atom stereocenters. The Morgan fingerprint density at radius 1 is 0.760 bits per heavy atom. The van der Waals surface area contributed by atoms with Gasteiger partial charge in [-0.3, -0.25) is 9.59 Å². The van der Waals surface area contributed by atoms with Crippen LogP contribution in [0.4, 0.5) is 0 Å². The number of ether oxygens (including phenoxy) is 1. The molecule has 0 saturated carbocycles. The van der Waals surface area contributed by atoms with Crippen molar-refractivity contribution in [3.05, 3.63) is 122 Å². The smallest absolute Gasteiger partial charge is 0.204 e. The Balaban J connectivity index is 1.31. The molecule has 50 heavy (non-hydrogen) atoms. The molecule has 7 rings (SSSR count). The average Bonchev–Trinajstić information content (AvgIpc) is 3.05. The zero-order valence-corrected chi connectivity index (χ0v) is 27.2. The fourth-order valence-electron chi connectivity index (χ4n) is 6.55. The predicted octanol–water partition coefficient (Wildman–Crippen LogP) is 8.07. The molecule has 1 aliphatic heterocycles. The summed E-state index contributed by atoms with van der Waals surface area (Å²) in [7, 11) is 0. The number of rotatable bonds is 5. The van der Waals surface area contributed by atoms with Gasteiger partial charge >= 0.3 is 0 Å². The van der Waals surface area contributed by atoms with Crippen LogP contribution in [0, 0.1) is 0 Å². The molecule has 252 valence electrons. The third kappa shape index (κ3) is 5.50. The number of fused-ring (bicyclic) bond motifs is 3. The highest BCUT2D eigenvalue weighted by Gasteiger charge is 2.38. The number of aromatic hydroxyl groups is 5. The molecule has 0 spiro atoms. The van der Waals surface area contributed by atoms with Crippen molar-refractivity contribution >= 4 is 28.0 Å². The van der Waals surface area contributed by atoms with E-state index in [0.29, 0.717) is 23.1 Å². The van der Waals surface area contributed by atoms with E-state index in [1.165, 1.54) is 48.9 Å². The Labute approximate surface area is 284 Å². The first-order valence-electron chi connectivity index (χ1n) is 15.8. The van der Waals surface area contributed by atoms with E-state index in [1.807, 2.05) is 19.9 Å². The molecule has 6 aromatic rings. The van der Waals surface area contributed by atoms with Crippen molar-refractivity contribution in [1.29, 1.82) is 0 Å². The second-order valence-electron chi connectivity index (χ2n) is 12.9. The minimum Gasteiger partial charge on any atom is -0.508 e. The average molecular weight is 673 g/mol. The molecule has 3 heterocycles. The minimum atomic E-state index is -1.07. The summed E-state index contributed by atoms with van der Waals surface area (Å²) in [5.74, 6) is -1.14. The van der Waals surface area contributed by atoms with E-state index in [2.05, 4.69) is 0 Å².